The zero-order chi connectivity index (χ0) is 20.0. The molecule has 0 aliphatic carbocycles. The van der Waals surface area contributed by atoms with Gasteiger partial charge in [-0.2, -0.15) is 0 Å². The molecule has 1 aliphatic heterocycles. The van der Waals surface area contributed by atoms with Crippen molar-refractivity contribution in [2.45, 2.75) is 31.9 Å². The van der Waals surface area contributed by atoms with Gasteiger partial charge in [0.05, 0.1) is 13.0 Å². The second-order valence-electron chi connectivity index (χ2n) is 7.30. The zero-order valence-corrected chi connectivity index (χ0v) is 17.0. The average molecular weight is 403 g/mol. The van der Waals surface area contributed by atoms with Gasteiger partial charge in [-0.3, -0.25) is 9.69 Å². The van der Waals surface area contributed by atoms with E-state index in [0.29, 0.717) is 23.9 Å². The number of nitrogens with zero attached hydrogens (tertiary/aromatic N) is 1. The number of carbonyl (C=O) groups excluding carboxylic acids is 1. The molecular formula is C22H27ClN2O3. The highest BCUT2D eigenvalue weighted by molar-refractivity contribution is 6.30. The first kappa shape index (κ1) is 20.6. The summed E-state index contributed by atoms with van der Waals surface area (Å²) in [5.41, 5.74) is 7.31. The maximum absolute atomic E-state index is 11.7. The fraction of sp³-hybridized carbons (Fsp3) is 0.409. The number of morpholine rings is 1. The van der Waals surface area contributed by atoms with Gasteiger partial charge in [0.1, 0.15) is 18.0 Å². The molecule has 0 saturated carbocycles. The van der Waals surface area contributed by atoms with Crippen LogP contribution in [0.1, 0.15) is 24.5 Å². The summed E-state index contributed by atoms with van der Waals surface area (Å²) >= 11 is 6.03. The number of aryl methyl sites for hydroxylation is 1. The van der Waals surface area contributed by atoms with Crippen LogP contribution in [-0.4, -0.2) is 42.7 Å². The average Bonchev–Trinajstić information content (AvgIpc) is 2.67. The Balaban J connectivity index is 1.69. The van der Waals surface area contributed by atoms with Crippen LogP contribution in [0.5, 0.6) is 5.75 Å². The molecule has 150 valence electrons. The summed E-state index contributed by atoms with van der Waals surface area (Å²) < 4.78 is 11.9. The van der Waals surface area contributed by atoms with E-state index in [9.17, 15) is 4.79 Å². The Bertz CT molecular complexity index is 797. The van der Waals surface area contributed by atoms with E-state index in [1.807, 2.05) is 12.1 Å². The molecule has 0 bridgehead atoms. The van der Waals surface area contributed by atoms with Crippen LogP contribution < -0.4 is 10.5 Å². The van der Waals surface area contributed by atoms with Gasteiger partial charge in [-0.25, -0.2) is 0 Å². The summed E-state index contributed by atoms with van der Waals surface area (Å²) in [6, 6.07) is 15.8. The van der Waals surface area contributed by atoms with Crippen molar-refractivity contribution >= 4 is 17.5 Å². The lowest BCUT2D eigenvalue weighted by atomic mass is 9.97. The summed E-state index contributed by atoms with van der Waals surface area (Å²) in [6.07, 6.45) is 1.14. The third-order valence-corrected chi connectivity index (χ3v) is 5.19. The molecule has 0 unspecified atom stereocenters. The summed E-state index contributed by atoms with van der Waals surface area (Å²) in [7, 11) is 0. The third kappa shape index (κ3) is 5.71. The number of carbonyl (C=O) groups is 1. The van der Waals surface area contributed by atoms with E-state index in [1.165, 1.54) is 11.1 Å². The first-order valence-electron chi connectivity index (χ1n) is 9.59. The van der Waals surface area contributed by atoms with Crippen LogP contribution in [0.15, 0.2) is 48.5 Å². The van der Waals surface area contributed by atoms with Crippen molar-refractivity contribution in [1.29, 1.82) is 0 Å². The van der Waals surface area contributed by atoms with Crippen molar-refractivity contribution in [3.63, 3.8) is 0 Å². The SMILES string of the molecule is CCc1ccc(CN2CCO[C@](COc3cccc(Cl)c3)(CC(N)=O)C2)cc1. The highest BCUT2D eigenvalue weighted by atomic mass is 35.5. The Morgan fingerprint density at radius 1 is 1.25 bits per heavy atom. The Morgan fingerprint density at radius 2 is 2.00 bits per heavy atom. The number of primary amides is 1. The molecule has 1 fully saturated rings. The minimum Gasteiger partial charge on any atom is -0.490 e. The van der Waals surface area contributed by atoms with E-state index in [4.69, 9.17) is 26.8 Å². The Morgan fingerprint density at radius 3 is 2.68 bits per heavy atom. The molecule has 0 radical (unpaired) electrons. The molecular weight excluding hydrogens is 376 g/mol. The van der Waals surface area contributed by atoms with Crippen LogP contribution >= 0.6 is 11.6 Å². The van der Waals surface area contributed by atoms with Gasteiger partial charge in [0.15, 0.2) is 0 Å². The maximum Gasteiger partial charge on any atom is 0.220 e. The van der Waals surface area contributed by atoms with E-state index in [2.05, 4.69) is 36.1 Å². The molecule has 1 saturated heterocycles. The topological polar surface area (TPSA) is 64.8 Å². The van der Waals surface area contributed by atoms with Crippen molar-refractivity contribution in [1.82, 2.24) is 4.90 Å². The van der Waals surface area contributed by atoms with Gasteiger partial charge >= 0.3 is 0 Å². The molecule has 1 heterocycles. The van der Waals surface area contributed by atoms with Gasteiger partial charge in [-0.15, -0.1) is 0 Å². The third-order valence-electron chi connectivity index (χ3n) is 4.96. The van der Waals surface area contributed by atoms with Gasteiger partial charge in [0, 0.05) is 24.7 Å². The van der Waals surface area contributed by atoms with Crippen LogP contribution in [-0.2, 0) is 22.5 Å². The summed E-state index contributed by atoms with van der Waals surface area (Å²) in [4.78, 5) is 14.0. The first-order valence-corrected chi connectivity index (χ1v) is 9.97. The van der Waals surface area contributed by atoms with Gasteiger partial charge in [0.2, 0.25) is 5.91 Å². The van der Waals surface area contributed by atoms with Gasteiger partial charge in [0.25, 0.3) is 0 Å². The Hall–Kier alpha value is -2.08. The lowest BCUT2D eigenvalue weighted by molar-refractivity contribution is -0.148. The number of nitrogens with two attached hydrogens (primary N) is 1. The van der Waals surface area contributed by atoms with Gasteiger partial charge < -0.3 is 15.2 Å². The summed E-state index contributed by atoms with van der Waals surface area (Å²) in [5.74, 6) is 0.246. The number of hydrogen-bond donors (Lipinski definition) is 1. The molecule has 2 N–H and O–H groups in total. The maximum atomic E-state index is 11.7. The molecule has 0 aromatic heterocycles. The first-order chi connectivity index (χ1) is 13.5. The monoisotopic (exact) mass is 402 g/mol. The van der Waals surface area contributed by atoms with Crippen LogP contribution in [0.25, 0.3) is 0 Å². The predicted octanol–water partition coefficient (Wildman–Crippen LogP) is 3.43. The van der Waals surface area contributed by atoms with Crippen molar-refractivity contribution in [2.24, 2.45) is 5.73 Å². The van der Waals surface area contributed by atoms with Crippen molar-refractivity contribution in [2.75, 3.05) is 26.3 Å². The lowest BCUT2D eigenvalue weighted by Gasteiger charge is -2.42. The second-order valence-corrected chi connectivity index (χ2v) is 7.74. The molecule has 2 aromatic rings. The Labute approximate surface area is 171 Å². The van der Waals surface area contributed by atoms with Gasteiger partial charge in [-0.1, -0.05) is 48.9 Å². The minimum atomic E-state index is -0.768. The van der Waals surface area contributed by atoms with E-state index in [0.717, 1.165) is 19.5 Å². The molecule has 2 aromatic carbocycles. The summed E-state index contributed by atoms with van der Waals surface area (Å²) in [6.45, 7) is 5.08. The zero-order valence-electron chi connectivity index (χ0n) is 16.2. The number of ether oxygens (including phenoxy) is 2. The predicted molar refractivity (Wildman–Crippen MR) is 111 cm³/mol. The molecule has 1 amide bonds. The second kappa shape index (κ2) is 9.41. The lowest BCUT2D eigenvalue weighted by Crippen LogP contribution is -2.56. The quantitative estimate of drug-likeness (QED) is 0.734. The molecule has 28 heavy (non-hydrogen) atoms. The molecule has 3 rings (SSSR count). The van der Waals surface area contributed by atoms with Crippen molar-refractivity contribution in [3.05, 3.63) is 64.7 Å². The van der Waals surface area contributed by atoms with E-state index >= 15 is 0 Å². The van der Waals surface area contributed by atoms with E-state index in [1.54, 1.807) is 12.1 Å². The molecule has 6 heteroatoms. The smallest absolute Gasteiger partial charge is 0.220 e. The van der Waals surface area contributed by atoms with E-state index in [-0.39, 0.29) is 13.0 Å². The van der Waals surface area contributed by atoms with Gasteiger partial charge in [-0.05, 0) is 35.7 Å². The Kier molecular flexibility index (Phi) is 6.94. The minimum absolute atomic E-state index is 0.110. The van der Waals surface area contributed by atoms with Crippen molar-refractivity contribution in [3.8, 4) is 5.75 Å². The highest BCUT2D eigenvalue weighted by Crippen LogP contribution is 2.26. The van der Waals surface area contributed by atoms with E-state index < -0.39 is 11.5 Å². The van der Waals surface area contributed by atoms with Crippen LogP contribution in [0, 0.1) is 0 Å². The number of hydrogen-bond acceptors (Lipinski definition) is 4. The largest absolute Gasteiger partial charge is 0.490 e. The fourth-order valence-corrected chi connectivity index (χ4v) is 3.71. The number of halogens is 1. The molecule has 1 atom stereocenters. The number of amides is 1. The fourth-order valence-electron chi connectivity index (χ4n) is 3.53. The standard InChI is InChI=1S/C22H27ClN2O3/c1-2-17-6-8-18(9-7-17)14-25-10-11-28-22(15-25,13-21(24)26)16-27-20-5-3-4-19(23)12-20/h3-9,12H,2,10-11,13-16H2,1H3,(H2,24,26)/t22-/m1/s1. The summed E-state index contributed by atoms with van der Waals surface area (Å²) in [5, 5.41) is 0.600. The highest BCUT2D eigenvalue weighted by Gasteiger charge is 2.39. The molecule has 5 nitrogen and oxygen atoms in total. The van der Waals surface area contributed by atoms with Crippen LogP contribution in [0.2, 0.25) is 5.02 Å². The number of rotatable bonds is 8. The molecule has 0 spiro atoms. The molecule has 1 aliphatic rings. The van der Waals surface area contributed by atoms with Crippen LogP contribution in [0.3, 0.4) is 0 Å². The normalized spacial score (nSPS) is 20.1. The van der Waals surface area contributed by atoms with Crippen LogP contribution in [0.4, 0.5) is 0 Å². The number of benzene rings is 2. The van der Waals surface area contributed by atoms with Crippen molar-refractivity contribution < 1.29 is 14.3 Å².